The van der Waals surface area contributed by atoms with Crippen molar-refractivity contribution < 1.29 is 9.84 Å². The van der Waals surface area contributed by atoms with Gasteiger partial charge in [0, 0.05) is 4.47 Å². The van der Waals surface area contributed by atoms with Crippen molar-refractivity contribution >= 4 is 75.3 Å². The summed E-state index contributed by atoms with van der Waals surface area (Å²) in [5, 5.41) is 10.5. The highest BCUT2D eigenvalue weighted by Crippen LogP contribution is 2.47. The number of benzene rings is 2. The Morgan fingerprint density at radius 3 is 2.32 bits per heavy atom. The molecule has 0 heterocycles. The number of phenolic OH excluding ortho intramolecular Hbond substituents is 1. The zero-order valence-corrected chi connectivity index (χ0v) is 16.2. The van der Waals surface area contributed by atoms with Gasteiger partial charge in [-0.2, -0.15) is 0 Å². The van der Waals surface area contributed by atoms with E-state index in [0.717, 1.165) is 8.95 Å². The van der Waals surface area contributed by atoms with E-state index < -0.39 is 0 Å². The molecule has 0 aliphatic heterocycles. The van der Waals surface area contributed by atoms with Crippen LogP contribution in [-0.2, 0) is 0 Å². The zero-order valence-electron chi connectivity index (χ0n) is 9.05. The summed E-state index contributed by atoms with van der Waals surface area (Å²) in [7, 11) is 0. The lowest BCUT2D eigenvalue weighted by Crippen LogP contribution is -1.89. The molecule has 0 unspecified atom stereocenters. The molecule has 100 valence electrons. The molecule has 2 aromatic rings. The third-order valence-electron chi connectivity index (χ3n) is 2.21. The number of aromatic hydroxyl groups is 1. The zero-order chi connectivity index (χ0) is 14.2. The van der Waals surface area contributed by atoms with Gasteiger partial charge in [-0.05, 0) is 72.1 Å². The van der Waals surface area contributed by atoms with E-state index in [2.05, 4.69) is 63.7 Å². The van der Waals surface area contributed by atoms with Crippen molar-refractivity contribution in [2.24, 2.45) is 0 Å². The Labute approximate surface area is 148 Å². The van der Waals surface area contributed by atoms with E-state index in [9.17, 15) is 5.11 Å². The van der Waals surface area contributed by atoms with E-state index in [0.29, 0.717) is 19.7 Å². The predicted octanol–water partition coefficient (Wildman–Crippen LogP) is 6.89. The van der Waals surface area contributed by atoms with Gasteiger partial charge in [-0.3, -0.25) is 0 Å². The Kier molecular flexibility index (Phi) is 5.22. The number of rotatable bonds is 2. The van der Waals surface area contributed by atoms with Crippen molar-refractivity contribution in [3.8, 4) is 17.2 Å². The van der Waals surface area contributed by atoms with Gasteiger partial charge in [0.05, 0.1) is 18.4 Å². The lowest BCUT2D eigenvalue weighted by atomic mass is 10.3. The molecule has 0 bridgehead atoms. The molecule has 7 heteroatoms. The Hall–Kier alpha value is 0.250. The van der Waals surface area contributed by atoms with E-state index in [1.165, 1.54) is 0 Å². The first-order chi connectivity index (χ1) is 8.90. The summed E-state index contributed by atoms with van der Waals surface area (Å²) in [5.74, 6) is 0.793. The van der Waals surface area contributed by atoms with E-state index in [1.807, 2.05) is 12.1 Å². The molecule has 0 atom stereocenters. The average molecular weight is 536 g/mol. The summed E-state index contributed by atoms with van der Waals surface area (Å²) in [4.78, 5) is 0. The highest BCUT2D eigenvalue weighted by atomic mass is 79.9. The maximum Gasteiger partial charge on any atom is 0.185 e. The van der Waals surface area contributed by atoms with Crippen molar-refractivity contribution in [3.63, 3.8) is 0 Å². The van der Waals surface area contributed by atoms with E-state index in [-0.39, 0.29) is 11.5 Å². The van der Waals surface area contributed by atoms with E-state index in [4.69, 9.17) is 16.3 Å². The Balaban J connectivity index is 2.49. The van der Waals surface area contributed by atoms with Crippen LogP contribution in [0.5, 0.6) is 17.2 Å². The molecule has 0 saturated heterocycles. The molecule has 0 amide bonds. The molecule has 0 aromatic heterocycles. The minimum Gasteiger partial charge on any atom is -0.503 e. The van der Waals surface area contributed by atoms with Crippen molar-refractivity contribution in [2.45, 2.75) is 0 Å². The monoisotopic (exact) mass is 532 g/mol. The molecule has 0 radical (unpaired) electrons. The molecule has 1 N–H and O–H groups in total. The molecule has 0 aliphatic rings. The Morgan fingerprint density at radius 1 is 1.00 bits per heavy atom. The van der Waals surface area contributed by atoms with Crippen molar-refractivity contribution in [2.75, 3.05) is 0 Å². The molecule has 0 spiro atoms. The second-order valence-corrected chi connectivity index (χ2v) is 7.33. The number of phenols is 1. The largest absolute Gasteiger partial charge is 0.503 e. The predicted molar refractivity (Wildman–Crippen MR) is 90.4 cm³/mol. The lowest BCUT2D eigenvalue weighted by molar-refractivity contribution is 0.405. The maximum absolute atomic E-state index is 10.0. The summed E-state index contributed by atoms with van der Waals surface area (Å²) < 4.78 is 8.33. The van der Waals surface area contributed by atoms with Crippen LogP contribution in [-0.4, -0.2) is 5.11 Å². The summed E-state index contributed by atoms with van der Waals surface area (Å²) in [5.41, 5.74) is 0. The van der Waals surface area contributed by atoms with Crippen LogP contribution in [0.4, 0.5) is 0 Å². The van der Waals surface area contributed by atoms with Crippen LogP contribution in [0, 0.1) is 0 Å². The van der Waals surface area contributed by atoms with Crippen LogP contribution in [0.1, 0.15) is 0 Å². The van der Waals surface area contributed by atoms with Gasteiger partial charge in [0.25, 0.3) is 0 Å². The molecule has 19 heavy (non-hydrogen) atoms. The van der Waals surface area contributed by atoms with Crippen molar-refractivity contribution in [3.05, 3.63) is 47.2 Å². The van der Waals surface area contributed by atoms with Crippen molar-refractivity contribution in [1.29, 1.82) is 0 Å². The average Bonchev–Trinajstić information content (AvgIpc) is 2.34. The molecule has 2 nitrogen and oxygen atoms in total. The normalized spacial score (nSPS) is 10.6. The first-order valence-electron chi connectivity index (χ1n) is 4.89. The fourth-order valence-corrected chi connectivity index (χ4v) is 3.57. The van der Waals surface area contributed by atoms with Gasteiger partial charge in [-0.15, -0.1) is 0 Å². The van der Waals surface area contributed by atoms with E-state index >= 15 is 0 Å². The quantitative estimate of drug-likeness (QED) is 0.424. The first-order valence-corrected chi connectivity index (χ1v) is 8.44. The summed E-state index contributed by atoms with van der Waals surface area (Å²) in [6.45, 7) is 0. The summed E-state index contributed by atoms with van der Waals surface area (Å²) in [6, 6.07) is 7.05. The lowest BCUT2D eigenvalue weighted by Gasteiger charge is -2.13. The number of hydrogen-bond acceptors (Lipinski definition) is 2. The van der Waals surface area contributed by atoms with Crippen LogP contribution in [0.15, 0.2) is 42.2 Å². The topological polar surface area (TPSA) is 29.5 Å². The van der Waals surface area contributed by atoms with Crippen LogP contribution in [0.25, 0.3) is 0 Å². The summed E-state index contributed by atoms with van der Waals surface area (Å²) >= 11 is 19.3. The smallest absolute Gasteiger partial charge is 0.185 e. The van der Waals surface area contributed by atoms with Crippen LogP contribution in [0.3, 0.4) is 0 Å². The minimum absolute atomic E-state index is 0.0221. The highest BCUT2D eigenvalue weighted by molar-refractivity contribution is 9.11. The van der Waals surface area contributed by atoms with Crippen LogP contribution >= 0.6 is 75.3 Å². The first kappa shape index (κ1) is 15.6. The number of ether oxygens (including phenoxy) is 1. The number of hydrogen-bond donors (Lipinski definition) is 1. The second kappa shape index (κ2) is 6.35. The highest BCUT2D eigenvalue weighted by Gasteiger charge is 2.17. The minimum atomic E-state index is -0.0221. The fraction of sp³-hybridized carbons (Fsp3) is 0. The van der Waals surface area contributed by atoms with Gasteiger partial charge < -0.3 is 9.84 Å². The standard InChI is InChI=1S/C12H5Br4ClO2/c13-5-1-2-9(6(14)3-5)19-12-10(16)8(17)4-7(15)11(12)18/h1-4,18H. The van der Waals surface area contributed by atoms with Gasteiger partial charge in [0.2, 0.25) is 0 Å². The van der Waals surface area contributed by atoms with Gasteiger partial charge >= 0.3 is 0 Å². The fourth-order valence-electron chi connectivity index (χ4n) is 1.32. The molecule has 0 fully saturated rings. The van der Waals surface area contributed by atoms with Gasteiger partial charge in [-0.1, -0.05) is 27.5 Å². The Morgan fingerprint density at radius 2 is 1.68 bits per heavy atom. The van der Waals surface area contributed by atoms with Gasteiger partial charge in [-0.25, -0.2) is 0 Å². The molecule has 2 aromatic carbocycles. The molecule has 2 rings (SSSR count). The summed E-state index contributed by atoms with van der Waals surface area (Å²) in [6.07, 6.45) is 0. The van der Waals surface area contributed by atoms with Crippen LogP contribution < -0.4 is 4.74 Å². The molecule has 0 aliphatic carbocycles. The molecular formula is C12H5Br4ClO2. The van der Waals surface area contributed by atoms with Gasteiger partial charge in [0.15, 0.2) is 11.5 Å². The SMILES string of the molecule is Oc1c(Br)cc(Cl)c(Br)c1Oc1ccc(Br)cc1Br. The third-order valence-corrected chi connectivity index (χ3v) is 5.24. The van der Waals surface area contributed by atoms with Crippen LogP contribution in [0.2, 0.25) is 5.02 Å². The second-order valence-electron chi connectivity index (χ2n) is 3.51. The third kappa shape index (κ3) is 3.47. The van der Waals surface area contributed by atoms with Gasteiger partial charge in [0.1, 0.15) is 5.75 Å². The maximum atomic E-state index is 10.0. The number of halogens is 5. The Bertz CT molecular complexity index is 620. The molecule has 0 saturated carbocycles. The molecular weight excluding hydrogens is 531 g/mol. The van der Waals surface area contributed by atoms with Crippen molar-refractivity contribution in [1.82, 2.24) is 0 Å². The van der Waals surface area contributed by atoms with E-state index in [1.54, 1.807) is 12.1 Å².